The molecule has 4 atom stereocenters. The number of aromatic amines is 2. The molecule has 5 heterocycles. The molecule has 149 heavy (non-hydrogen) atoms. The minimum atomic E-state index is -2.81. The van der Waals surface area contributed by atoms with Crippen molar-refractivity contribution in [2.75, 3.05) is 61.8 Å². The van der Waals surface area contributed by atoms with E-state index >= 15 is 0 Å². The molecule has 0 saturated heterocycles. The molecule has 0 amide bonds. The molecule has 0 fully saturated rings. The van der Waals surface area contributed by atoms with Crippen LogP contribution in [0.15, 0.2) is 72.8 Å². The van der Waals surface area contributed by atoms with Crippen molar-refractivity contribution in [1.29, 1.82) is 10.5 Å². The molecule has 6 aliphatic carbocycles. The van der Waals surface area contributed by atoms with Gasteiger partial charge in [-0.05, 0) is 363 Å². The number of tetrazole rings is 2. The molecule has 3 aliphatic heterocycles. The molecular formula is C120H152ClIN11O14PS. The van der Waals surface area contributed by atoms with Gasteiger partial charge in [-0.1, -0.05) is 152 Å². The van der Waals surface area contributed by atoms with E-state index in [1.54, 1.807) is 49.7 Å². The molecule has 0 bridgehead atoms. The number of H-pyrrole nitrogens is 2. The largest absolute Gasteiger partial charge is 0.493 e. The average Bonchev–Trinajstić information content (AvgIpc) is 1.53. The first kappa shape index (κ1) is 117. The van der Waals surface area contributed by atoms with Crippen LogP contribution in [-0.4, -0.2) is 112 Å². The number of nitriles is 2. The minimum absolute atomic E-state index is 0.0516. The first-order valence-corrected chi connectivity index (χ1v) is 58.7. The van der Waals surface area contributed by atoms with Gasteiger partial charge in [-0.15, -0.1) is 56.7 Å². The second-order valence-electron chi connectivity index (χ2n) is 42.2. The molecule has 3 spiro atoms. The van der Waals surface area contributed by atoms with Crippen molar-refractivity contribution in [1.82, 2.24) is 46.3 Å². The molecular weight excluding hydrogens is 2040 g/mol. The summed E-state index contributed by atoms with van der Waals surface area (Å²) in [7, 11) is 8.98. The Morgan fingerprint density at radius 1 is 0.389 bits per heavy atom. The second-order valence-corrected chi connectivity index (χ2v) is 52.9. The van der Waals surface area contributed by atoms with Crippen molar-refractivity contribution < 1.29 is 65.3 Å². The van der Waals surface area contributed by atoms with E-state index in [9.17, 15) is 18.9 Å². The van der Waals surface area contributed by atoms with Gasteiger partial charge >= 0.3 is 0 Å². The van der Waals surface area contributed by atoms with Crippen molar-refractivity contribution in [3.8, 4) is 163 Å². The normalized spacial score (nSPS) is 18.2. The van der Waals surface area contributed by atoms with E-state index in [2.05, 4.69) is 275 Å². The topological polar surface area (TPSA) is 313 Å². The minimum Gasteiger partial charge on any atom is -0.493 e. The van der Waals surface area contributed by atoms with Gasteiger partial charge in [0, 0.05) is 41.2 Å². The zero-order chi connectivity index (χ0) is 111. The summed E-state index contributed by atoms with van der Waals surface area (Å²) in [6.07, 6.45) is 21.9. The third-order valence-electron chi connectivity index (χ3n) is 30.5. The molecule has 3 N–H and O–H groups in total. The molecule has 20 rings (SSSR count). The van der Waals surface area contributed by atoms with Crippen LogP contribution in [0.4, 0.5) is 0 Å². The summed E-state index contributed by atoms with van der Waals surface area (Å²) >= 11 is 7.16. The quantitative estimate of drug-likeness (QED) is 0.0299. The Labute approximate surface area is 903 Å². The van der Waals surface area contributed by atoms with Crippen LogP contribution in [0, 0.1) is 103 Å². The van der Waals surface area contributed by atoms with Gasteiger partial charge in [0.2, 0.25) is 11.6 Å². The van der Waals surface area contributed by atoms with Gasteiger partial charge in [-0.3, -0.25) is 5.09 Å². The number of alkyl halides is 1. The number of fused-ring (bicyclic) bond motifs is 18. The third kappa shape index (κ3) is 21.2. The number of hydrogen-bond acceptors (Lipinski definition) is 23. The molecule has 11 aromatic rings. The zero-order valence-corrected chi connectivity index (χ0v) is 99.1. The first-order valence-electron chi connectivity index (χ1n) is 51.5. The fourth-order valence-electron chi connectivity index (χ4n) is 23.8. The standard InChI is InChI=1S/2C33H36N4O4.C33H32N2O4.C6H10.C5H7Cl.C2H7INO2PS.4C2H6/c2*1-16-17(2)27(30-34-36-37-35-30)29-28(18(16)3)40-25-11-20-22(13-26(25)41-29)33(15-32(20,6)7)14-31(4,5)19-10-23(38-8)24(39-9)12-21(19)33;1-17-18(2)20(14-35)30-29(19(17)13-34)38-27-10-22-24(12-28(27)39-30)33(16-32(22,5)6)15-31(3,4)21-9-25(36-7)26(37-8)11-23(21)33;1-3-5-6-4-2;1-2-3-4-5-6;1-4-7(3)8(2,5)6;4*1-2/h2*10-13H,14-15H2,1-9H3,(H,34,35,36,37);9-12H,15-16H2,1-8H3;1H,4-6H2,2H3;1H,3-5H2;4H,1-2H3;4*1-2H3. The maximum atomic E-state index is 10.5. The van der Waals surface area contributed by atoms with Crippen LogP contribution >= 0.6 is 38.6 Å². The lowest BCUT2D eigenvalue weighted by molar-refractivity contribution is 0.347. The Morgan fingerprint density at radius 3 is 0.826 bits per heavy atom. The van der Waals surface area contributed by atoms with Crippen molar-refractivity contribution in [3.05, 3.63) is 195 Å². The summed E-state index contributed by atoms with van der Waals surface area (Å²) in [5, 5.41) is 52.5. The van der Waals surface area contributed by atoms with Gasteiger partial charge < -0.3 is 56.8 Å². The monoisotopic (exact) mass is 2200 g/mol. The van der Waals surface area contributed by atoms with Crippen LogP contribution in [0.25, 0.3) is 22.8 Å². The molecule has 29 heteroatoms. The molecule has 2 aromatic heterocycles. The summed E-state index contributed by atoms with van der Waals surface area (Å²) in [4.78, 5) is -1.03. The Morgan fingerprint density at radius 2 is 0.624 bits per heavy atom. The SMILES string of the molecule is C#CCCCC.C#CCCCCl.CC.CC.CC.CC.CNP(I)S(C)(=O)=O.COc1cc2c(cc1OC)C1(CC2(C)C)CC(C)(C)c2cc3c(cc21)Oc1c(C#N)c(C)c(C)c(C#N)c1O3.COc1cc2c(cc1OC)C1(CC2(C)C)CC(C)(C)c2cc3c(cc21)Oc1c(c(C)c(C)c(C)c1-c1nn[nH]n1)O3.COc1cc2c(cc1OC)C1(CC2(C)C)CC(C)(C)c2cc3c(cc21)Oc1c(c(C)c(C)c(C)c1-c1nn[nH]n1)O3. The lowest BCUT2D eigenvalue weighted by atomic mass is 9.72. The number of hydrogen-bond donors (Lipinski definition) is 3. The van der Waals surface area contributed by atoms with Crippen molar-refractivity contribution in [2.24, 2.45) is 0 Å². The van der Waals surface area contributed by atoms with Gasteiger partial charge in [-0.2, -0.15) is 21.0 Å². The van der Waals surface area contributed by atoms with Crippen LogP contribution in [0.2, 0.25) is 0 Å². The number of rotatable bonds is 14. The van der Waals surface area contributed by atoms with E-state index in [1.807, 2.05) is 91.3 Å². The van der Waals surface area contributed by atoms with E-state index < -0.39 is 14.4 Å². The number of nitrogens with zero attached hydrogens (tertiary/aromatic N) is 8. The Bertz CT molecular complexity index is 6890. The molecule has 796 valence electrons. The summed E-state index contributed by atoms with van der Waals surface area (Å²) in [6.45, 7) is 62.1. The number of methoxy groups -OCH3 is 6. The Hall–Kier alpha value is -11.8. The van der Waals surface area contributed by atoms with Crippen molar-refractivity contribution >= 4 is 48.0 Å². The molecule has 0 saturated carbocycles. The zero-order valence-electron chi connectivity index (χ0n) is 94.5. The van der Waals surface area contributed by atoms with Gasteiger partial charge in [0.15, 0.2) is 118 Å². The van der Waals surface area contributed by atoms with E-state index in [4.69, 9.17) is 81.3 Å². The fraction of sp³-hybridized carbons (Fsp3) is 0.483. The Balaban J connectivity index is 0.000000188. The first-order chi connectivity index (χ1) is 70.6. The van der Waals surface area contributed by atoms with Crippen LogP contribution < -0.4 is 61.9 Å². The number of nitrogens with one attached hydrogen (secondary N) is 3. The average molecular weight is 2200 g/mol. The van der Waals surface area contributed by atoms with E-state index in [0.29, 0.717) is 86.2 Å². The van der Waals surface area contributed by atoms with Crippen LogP contribution in [0.1, 0.15) is 338 Å². The van der Waals surface area contributed by atoms with Crippen LogP contribution in [0.3, 0.4) is 0 Å². The van der Waals surface area contributed by atoms with E-state index in [1.165, 1.54) is 85.9 Å². The van der Waals surface area contributed by atoms with Gasteiger partial charge in [-0.25, -0.2) is 8.42 Å². The number of unbranched alkanes of at least 4 members (excludes halogenated alkanes) is 3. The predicted molar refractivity (Wildman–Crippen MR) is 607 cm³/mol. The molecule has 9 aliphatic rings. The number of halogens is 2. The van der Waals surface area contributed by atoms with Crippen molar-refractivity contribution in [3.63, 3.8) is 0 Å². The number of terminal acetylenes is 2. The van der Waals surface area contributed by atoms with Gasteiger partial charge in [0.05, 0.1) is 53.8 Å². The fourth-order valence-corrected chi connectivity index (χ4v) is 25.2. The number of benzene rings is 9. The highest BCUT2D eigenvalue weighted by molar-refractivity contribution is 14.2. The second kappa shape index (κ2) is 46.2. The predicted octanol–water partition coefficient (Wildman–Crippen LogP) is 30.8. The van der Waals surface area contributed by atoms with Gasteiger partial charge in [0.1, 0.15) is 23.3 Å². The highest BCUT2D eigenvalue weighted by Crippen LogP contribution is 2.71. The molecule has 9 aromatic carbocycles. The van der Waals surface area contributed by atoms with Crippen LogP contribution in [-0.2, 0) is 58.2 Å². The van der Waals surface area contributed by atoms with Crippen molar-refractivity contribution in [2.45, 2.75) is 320 Å². The molecule has 25 nitrogen and oxygen atoms in total. The lowest BCUT2D eigenvalue weighted by Gasteiger charge is -2.31. The van der Waals surface area contributed by atoms with E-state index in [0.717, 1.165) is 159 Å². The van der Waals surface area contributed by atoms with Gasteiger partial charge in [0.25, 0.3) is 0 Å². The number of aromatic nitrogens is 8. The lowest BCUT2D eigenvalue weighted by Crippen LogP contribution is -2.27. The smallest absolute Gasteiger partial charge is 0.208 e. The van der Waals surface area contributed by atoms with E-state index in [-0.39, 0.29) is 48.7 Å². The maximum absolute atomic E-state index is 10.5. The summed E-state index contributed by atoms with van der Waals surface area (Å²) < 4.78 is 95.2. The van der Waals surface area contributed by atoms with Crippen LogP contribution in [0.5, 0.6) is 103 Å². The summed E-state index contributed by atoms with van der Waals surface area (Å²) in [5.74, 6) is 18.5. The number of ether oxygens (including phenoxy) is 12. The molecule has 0 radical (unpaired) electrons. The highest BCUT2D eigenvalue weighted by Gasteiger charge is 2.61. The highest BCUT2D eigenvalue weighted by atomic mass is 127. The maximum Gasteiger partial charge on any atom is 0.208 e. The summed E-state index contributed by atoms with van der Waals surface area (Å²) in [6, 6.07) is 30.6. The Kier molecular flexibility index (Phi) is 36.4. The molecule has 4 unspecified atom stereocenters. The third-order valence-corrected chi connectivity index (χ3v) is 41.9. The summed E-state index contributed by atoms with van der Waals surface area (Å²) in [5.41, 5.74) is 24.4.